The molecule has 2 aromatic rings. The van der Waals surface area contributed by atoms with Crippen LogP contribution >= 0.6 is 0 Å². The van der Waals surface area contributed by atoms with Crippen LogP contribution in [-0.4, -0.2) is 44.7 Å². The first-order valence-electron chi connectivity index (χ1n) is 11.3. The lowest BCUT2D eigenvalue weighted by Gasteiger charge is -2.36. The molecular weight excluding hydrogens is 392 g/mol. The summed E-state index contributed by atoms with van der Waals surface area (Å²) in [4.78, 5) is 49.3. The molecule has 0 aliphatic carbocycles. The predicted octanol–water partition coefficient (Wildman–Crippen LogP) is 2.75. The molecule has 7 nitrogen and oxygen atoms in total. The van der Waals surface area contributed by atoms with Crippen molar-refractivity contribution in [1.82, 2.24) is 19.8 Å². The molecule has 0 saturated carbocycles. The molecule has 164 valence electrons. The van der Waals surface area contributed by atoms with Crippen LogP contribution < -0.4 is 5.56 Å². The molecule has 31 heavy (non-hydrogen) atoms. The number of hydrogen-bond acceptors (Lipinski definition) is 4. The molecule has 7 heteroatoms. The standard InChI is InChI=1S/C24H30N4O3/c1-2-21(29)27-15-13-18-19(16-27)25-23(26-24(18)31)20-10-6-7-14-28(20)22(30)12-11-17-8-4-3-5-9-17/h3-5,8-9,20H,2,6-7,10-16H2,1H3,(H,25,26,31)/t20-/m0/s1. The van der Waals surface area contributed by atoms with E-state index in [1.807, 2.05) is 42.2 Å². The minimum absolute atomic E-state index is 0.0738. The van der Waals surface area contributed by atoms with Crippen LogP contribution in [0.1, 0.15) is 67.7 Å². The van der Waals surface area contributed by atoms with Crippen LogP contribution in [0.15, 0.2) is 35.1 Å². The van der Waals surface area contributed by atoms with Gasteiger partial charge in [0.2, 0.25) is 11.8 Å². The number of hydrogen-bond donors (Lipinski definition) is 1. The number of aryl methyl sites for hydroxylation is 1. The summed E-state index contributed by atoms with van der Waals surface area (Å²) in [5.41, 5.74) is 2.35. The van der Waals surface area contributed by atoms with Gasteiger partial charge in [0.1, 0.15) is 5.82 Å². The Bertz CT molecular complexity index is 1000. The molecule has 2 amide bonds. The summed E-state index contributed by atoms with van der Waals surface area (Å²) in [5.74, 6) is 0.726. The zero-order valence-corrected chi connectivity index (χ0v) is 18.1. The van der Waals surface area contributed by atoms with Gasteiger partial charge in [-0.15, -0.1) is 0 Å². The molecule has 1 fully saturated rings. The summed E-state index contributed by atoms with van der Waals surface area (Å²) in [5, 5.41) is 0. The highest BCUT2D eigenvalue weighted by molar-refractivity contribution is 5.77. The number of nitrogens with zero attached hydrogens (tertiary/aromatic N) is 3. The summed E-state index contributed by atoms with van der Waals surface area (Å²) in [6.45, 7) is 3.44. The number of aromatic nitrogens is 2. The predicted molar refractivity (Wildman–Crippen MR) is 117 cm³/mol. The van der Waals surface area contributed by atoms with Gasteiger partial charge in [-0.3, -0.25) is 14.4 Å². The van der Waals surface area contributed by atoms with E-state index in [0.717, 1.165) is 24.8 Å². The third kappa shape index (κ3) is 4.70. The lowest BCUT2D eigenvalue weighted by Crippen LogP contribution is -2.42. The van der Waals surface area contributed by atoms with E-state index < -0.39 is 0 Å². The molecule has 1 N–H and O–H groups in total. The van der Waals surface area contributed by atoms with Crippen LogP contribution in [0, 0.1) is 0 Å². The summed E-state index contributed by atoms with van der Waals surface area (Å²) >= 11 is 0. The van der Waals surface area contributed by atoms with E-state index >= 15 is 0 Å². The van der Waals surface area contributed by atoms with Gasteiger partial charge in [0.25, 0.3) is 5.56 Å². The third-order valence-electron chi connectivity index (χ3n) is 6.36. The van der Waals surface area contributed by atoms with Crippen LogP contribution in [0.2, 0.25) is 0 Å². The molecule has 2 aliphatic heterocycles. The molecule has 1 aromatic carbocycles. The molecule has 1 saturated heterocycles. The van der Waals surface area contributed by atoms with Crippen molar-refractivity contribution >= 4 is 11.8 Å². The fourth-order valence-electron chi connectivity index (χ4n) is 4.61. The number of piperidine rings is 1. The van der Waals surface area contributed by atoms with Crippen molar-refractivity contribution in [3.63, 3.8) is 0 Å². The van der Waals surface area contributed by atoms with Gasteiger partial charge in [-0.05, 0) is 37.7 Å². The smallest absolute Gasteiger partial charge is 0.254 e. The van der Waals surface area contributed by atoms with Gasteiger partial charge < -0.3 is 14.8 Å². The fraction of sp³-hybridized carbons (Fsp3) is 0.500. The SMILES string of the molecule is CCC(=O)N1CCc2c(nc([C@@H]3CCCCN3C(=O)CCc3ccccc3)[nH]c2=O)C1. The Morgan fingerprint density at radius 1 is 1.13 bits per heavy atom. The van der Waals surface area contributed by atoms with Crippen molar-refractivity contribution in [3.05, 3.63) is 63.3 Å². The van der Waals surface area contributed by atoms with Crippen LogP contribution in [0.25, 0.3) is 0 Å². The largest absolute Gasteiger partial charge is 0.336 e. The molecule has 0 bridgehead atoms. The molecule has 4 rings (SSSR count). The number of aromatic amines is 1. The maximum atomic E-state index is 13.1. The zero-order valence-electron chi connectivity index (χ0n) is 18.1. The first kappa shape index (κ1) is 21.3. The second kappa shape index (κ2) is 9.45. The number of benzene rings is 1. The van der Waals surface area contributed by atoms with Gasteiger partial charge in [-0.25, -0.2) is 4.98 Å². The molecule has 2 aliphatic rings. The summed E-state index contributed by atoms with van der Waals surface area (Å²) in [6.07, 6.45) is 4.84. The number of H-pyrrole nitrogens is 1. The van der Waals surface area contributed by atoms with E-state index in [9.17, 15) is 14.4 Å². The van der Waals surface area contributed by atoms with Gasteiger partial charge >= 0.3 is 0 Å². The Balaban J connectivity index is 1.54. The summed E-state index contributed by atoms with van der Waals surface area (Å²) in [6, 6.07) is 9.79. The van der Waals surface area contributed by atoms with Crippen molar-refractivity contribution < 1.29 is 9.59 Å². The highest BCUT2D eigenvalue weighted by atomic mass is 16.2. The van der Waals surface area contributed by atoms with Crippen LogP contribution in [-0.2, 0) is 29.0 Å². The lowest BCUT2D eigenvalue weighted by atomic mass is 9.99. The highest BCUT2D eigenvalue weighted by Gasteiger charge is 2.31. The minimum Gasteiger partial charge on any atom is -0.336 e. The molecular formula is C24H30N4O3. The van der Waals surface area contributed by atoms with Gasteiger partial charge in [-0.2, -0.15) is 0 Å². The molecule has 3 heterocycles. The Kier molecular flexibility index (Phi) is 6.49. The van der Waals surface area contributed by atoms with E-state index in [1.54, 1.807) is 4.90 Å². The summed E-state index contributed by atoms with van der Waals surface area (Å²) < 4.78 is 0. The molecule has 0 radical (unpaired) electrons. The molecule has 0 unspecified atom stereocenters. The fourth-order valence-corrected chi connectivity index (χ4v) is 4.61. The quantitative estimate of drug-likeness (QED) is 0.803. The first-order chi connectivity index (χ1) is 15.1. The topological polar surface area (TPSA) is 86.4 Å². The van der Waals surface area contributed by atoms with Crippen LogP contribution in [0.3, 0.4) is 0 Å². The lowest BCUT2D eigenvalue weighted by molar-refractivity contribution is -0.135. The van der Waals surface area contributed by atoms with Crippen molar-refractivity contribution in [3.8, 4) is 0 Å². The number of nitrogens with one attached hydrogen (secondary N) is 1. The average Bonchev–Trinajstić information content (AvgIpc) is 2.82. The van der Waals surface area contributed by atoms with Gasteiger partial charge in [0.15, 0.2) is 0 Å². The van der Waals surface area contributed by atoms with Crippen molar-refractivity contribution in [2.24, 2.45) is 0 Å². The van der Waals surface area contributed by atoms with Crippen molar-refractivity contribution in [1.29, 1.82) is 0 Å². The highest BCUT2D eigenvalue weighted by Crippen LogP contribution is 2.30. The molecule has 0 spiro atoms. The average molecular weight is 423 g/mol. The summed E-state index contributed by atoms with van der Waals surface area (Å²) in [7, 11) is 0. The van der Waals surface area contributed by atoms with E-state index in [1.165, 1.54) is 0 Å². The normalized spacial score (nSPS) is 18.5. The Labute approximate surface area is 182 Å². The van der Waals surface area contributed by atoms with Crippen molar-refractivity contribution in [2.45, 2.75) is 64.5 Å². The zero-order chi connectivity index (χ0) is 21.8. The molecule has 1 aromatic heterocycles. The number of carbonyl (C=O) groups excluding carboxylic acids is 2. The Hall–Kier alpha value is -2.96. The van der Waals surface area contributed by atoms with Crippen molar-refractivity contribution in [2.75, 3.05) is 13.1 Å². The number of rotatable bonds is 5. The number of fused-ring (bicyclic) bond motifs is 1. The van der Waals surface area contributed by atoms with E-state index in [0.29, 0.717) is 62.4 Å². The number of amides is 2. The van der Waals surface area contributed by atoms with Gasteiger partial charge in [0, 0.05) is 31.5 Å². The Morgan fingerprint density at radius 3 is 2.71 bits per heavy atom. The maximum absolute atomic E-state index is 13.1. The maximum Gasteiger partial charge on any atom is 0.254 e. The van der Waals surface area contributed by atoms with Crippen LogP contribution in [0.4, 0.5) is 0 Å². The van der Waals surface area contributed by atoms with E-state index in [4.69, 9.17) is 4.98 Å². The first-order valence-corrected chi connectivity index (χ1v) is 11.3. The van der Waals surface area contributed by atoms with E-state index in [2.05, 4.69) is 4.98 Å². The van der Waals surface area contributed by atoms with Crippen LogP contribution in [0.5, 0.6) is 0 Å². The van der Waals surface area contributed by atoms with E-state index in [-0.39, 0.29) is 23.4 Å². The second-order valence-corrected chi connectivity index (χ2v) is 8.38. The van der Waals surface area contributed by atoms with Gasteiger partial charge in [-0.1, -0.05) is 37.3 Å². The molecule has 1 atom stereocenters. The Morgan fingerprint density at radius 2 is 1.94 bits per heavy atom. The number of likely N-dealkylation sites (tertiary alicyclic amines) is 1. The minimum atomic E-state index is -0.215. The monoisotopic (exact) mass is 422 g/mol. The second-order valence-electron chi connectivity index (χ2n) is 8.38. The van der Waals surface area contributed by atoms with Gasteiger partial charge in [0.05, 0.1) is 18.3 Å². The third-order valence-corrected chi connectivity index (χ3v) is 6.36. The number of carbonyl (C=O) groups is 2.